The Hall–Kier alpha value is -2.55. The highest BCUT2D eigenvalue weighted by Crippen LogP contribution is 2.48. The summed E-state index contributed by atoms with van der Waals surface area (Å²) >= 11 is 11.8. The molecule has 2 aromatic carbocycles. The molecule has 5 nitrogen and oxygen atoms in total. The Kier molecular flexibility index (Phi) is 4.80. The van der Waals surface area contributed by atoms with E-state index in [2.05, 4.69) is 15.6 Å². The van der Waals surface area contributed by atoms with Gasteiger partial charge in [0.05, 0.1) is 11.4 Å². The number of hydroxylamine groups is 1. The van der Waals surface area contributed by atoms with E-state index in [9.17, 15) is 13.2 Å². The number of hydrogen-bond donors (Lipinski definition) is 1. The van der Waals surface area contributed by atoms with Crippen molar-refractivity contribution >= 4 is 28.9 Å². The third kappa shape index (κ3) is 3.48. The Morgan fingerprint density at radius 2 is 1.83 bits per heavy atom. The van der Waals surface area contributed by atoms with E-state index in [1.165, 1.54) is 30.9 Å². The fourth-order valence-electron chi connectivity index (χ4n) is 3.17. The molecule has 0 saturated heterocycles. The Balaban J connectivity index is 1.79. The third-order valence-electron chi connectivity index (χ3n) is 4.56. The summed E-state index contributed by atoms with van der Waals surface area (Å²) in [5, 5.41) is 4.22. The van der Waals surface area contributed by atoms with Crippen molar-refractivity contribution in [1.29, 1.82) is 0 Å². The maximum absolute atomic E-state index is 14.1. The first-order chi connectivity index (χ1) is 13.7. The summed E-state index contributed by atoms with van der Waals surface area (Å²) in [4.78, 5) is 8.99. The monoisotopic (exact) mass is 440 g/mol. The van der Waals surface area contributed by atoms with Gasteiger partial charge in [-0.05, 0) is 48.9 Å². The van der Waals surface area contributed by atoms with Crippen LogP contribution in [0.15, 0.2) is 55.1 Å². The summed E-state index contributed by atoms with van der Waals surface area (Å²) in [6.45, 7) is 1.82. The zero-order valence-electron chi connectivity index (χ0n) is 14.8. The molecule has 1 N–H and O–H groups in total. The SMILES string of the molecule is Cc1cc(C2=CC(c3cc(Cl)cc(Cl)c3)(C(F)(F)F)ON2)ccc1-n1cncn1. The molecule has 2 heterocycles. The van der Waals surface area contributed by atoms with E-state index in [0.717, 1.165) is 17.3 Å². The first-order valence-corrected chi connectivity index (χ1v) is 9.11. The van der Waals surface area contributed by atoms with E-state index in [4.69, 9.17) is 28.0 Å². The first-order valence-electron chi connectivity index (χ1n) is 8.36. The topological polar surface area (TPSA) is 52.0 Å². The van der Waals surface area contributed by atoms with Crippen LogP contribution in [0.3, 0.4) is 0 Å². The van der Waals surface area contributed by atoms with Gasteiger partial charge in [-0.3, -0.25) is 10.3 Å². The number of halogens is 5. The summed E-state index contributed by atoms with van der Waals surface area (Å²) in [6, 6.07) is 8.87. The normalized spacial score (nSPS) is 19.2. The van der Waals surface area contributed by atoms with E-state index >= 15 is 0 Å². The third-order valence-corrected chi connectivity index (χ3v) is 4.99. The minimum absolute atomic E-state index is 0.0783. The quantitative estimate of drug-likeness (QED) is 0.606. The Bertz CT molecular complexity index is 1080. The van der Waals surface area contributed by atoms with E-state index < -0.39 is 11.8 Å². The number of benzene rings is 2. The summed E-state index contributed by atoms with van der Waals surface area (Å²) < 4.78 is 43.8. The van der Waals surface area contributed by atoms with Crippen molar-refractivity contribution in [2.24, 2.45) is 0 Å². The molecule has 1 aliphatic heterocycles. The summed E-state index contributed by atoms with van der Waals surface area (Å²) in [6.07, 6.45) is -0.837. The fourth-order valence-corrected chi connectivity index (χ4v) is 3.69. The minimum atomic E-state index is -4.76. The number of alkyl halides is 3. The number of nitrogens with zero attached hydrogens (tertiary/aromatic N) is 3. The van der Waals surface area contributed by atoms with Crippen molar-refractivity contribution in [2.45, 2.75) is 18.7 Å². The average molecular weight is 441 g/mol. The van der Waals surface area contributed by atoms with Gasteiger partial charge in [-0.25, -0.2) is 9.67 Å². The van der Waals surface area contributed by atoms with Gasteiger partial charge in [-0.15, -0.1) is 0 Å². The van der Waals surface area contributed by atoms with E-state index in [1.54, 1.807) is 22.9 Å². The van der Waals surface area contributed by atoms with Crippen molar-refractivity contribution in [3.8, 4) is 5.69 Å². The van der Waals surface area contributed by atoms with Gasteiger partial charge >= 0.3 is 6.18 Å². The van der Waals surface area contributed by atoms with Crippen molar-refractivity contribution in [3.63, 3.8) is 0 Å². The molecule has 4 rings (SSSR count). The predicted molar refractivity (Wildman–Crippen MR) is 102 cm³/mol. The molecular weight excluding hydrogens is 428 g/mol. The number of aromatic nitrogens is 3. The Labute approximate surface area is 173 Å². The van der Waals surface area contributed by atoms with Gasteiger partial charge in [0.1, 0.15) is 12.7 Å². The molecule has 0 fully saturated rings. The first kappa shape index (κ1) is 19.8. The van der Waals surface area contributed by atoms with Gasteiger partial charge in [0.15, 0.2) is 0 Å². The molecule has 29 heavy (non-hydrogen) atoms. The molecule has 1 aromatic heterocycles. The van der Waals surface area contributed by atoms with Crippen LogP contribution in [0.25, 0.3) is 11.4 Å². The maximum Gasteiger partial charge on any atom is 0.428 e. The zero-order valence-corrected chi connectivity index (χ0v) is 16.3. The van der Waals surface area contributed by atoms with Gasteiger partial charge in [0.25, 0.3) is 0 Å². The molecular formula is C19H13Cl2F3N4O. The molecule has 1 aliphatic rings. The fraction of sp³-hybridized carbons (Fsp3) is 0.158. The second-order valence-corrected chi connectivity index (χ2v) is 7.37. The minimum Gasteiger partial charge on any atom is -0.265 e. The van der Waals surface area contributed by atoms with Crippen LogP contribution in [0.2, 0.25) is 10.0 Å². The van der Waals surface area contributed by atoms with E-state index in [0.29, 0.717) is 5.56 Å². The van der Waals surface area contributed by atoms with Crippen molar-refractivity contribution < 1.29 is 18.0 Å². The van der Waals surface area contributed by atoms with E-state index in [1.807, 2.05) is 6.92 Å². The van der Waals surface area contributed by atoms with Crippen LogP contribution in [-0.4, -0.2) is 20.9 Å². The lowest BCUT2D eigenvalue weighted by atomic mass is 9.91. The molecule has 0 amide bonds. The lowest BCUT2D eigenvalue weighted by molar-refractivity contribution is -0.269. The molecule has 3 aromatic rings. The van der Waals surface area contributed by atoms with Gasteiger partial charge in [-0.1, -0.05) is 29.3 Å². The highest BCUT2D eigenvalue weighted by atomic mass is 35.5. The van der Waals surface area contributed by atoms with Gasteiger partial charge in [0.2, 0.25) is 5.60 Å². The van der Waals surface area contributed by atoms with Crippen LogP contribution in [0, 0.1) is 6.92 Å². The Morgan fingerprint density at radius 1 is 1.10 bits per heavy atom. The maximum atomic E-state index is 14.1. The van der Waals surface area contributed by atoms with Crippen molar-refractivity contribution in [2.75, 3.05) is 0 Å². The van der Waals surface area contributed by atoms with Crippen LogP contribution in [0.1, 0.15) is 16.7 Å². The van der Waals surface area contributed by atoms with Crippen molar-refractivity contribution in [3.05, 3.63) is 81.9 Å². The Morgan fingerprint density at radius 3 is 2.41 bits per heavy atom. The summed E-state index contributed by atoms with van der Waals surface area (Å²) in [5.74, 6) is 0. The molecule has 1 unspecified atom stereocenters. The van der Waals surface area contributed by atoms with E-state index in [-0.39, 0.29) is 21.3 Å². The highest BCUT2D eigenvalue weighted by Gasteiger charge is 2.59. The predicted octanol–water partition coefficient (Wildman–Crippen LogP) is 5.22. The number of nitrogens with one attached hydrogen (secondary N) is 1. The zero-order chi connectivity index (χ0) is 20.8. The van der Waals surface area contributed by atoms with Gasteiger partial charge in [0, 0.05) is 21.2 Å². The molecule has 10 heteroatoms. The molecule has 0 spiro atoms. The second-order valence-electron chi connectivity index (χ2n) is 6.49. The molecule has 0 saturated carbocycles. The van der Waals surface area contributed by atoms with Crippen LogP contribution in [0.5, 0.6) is 0 Å². The van der Waals surface area contributed by atoms with Crippen LogP contribution in [0.4, 0.5) is 13.2 Å². The average Bonchev–Trinajstić information content (AvgIpc) is 3.31. The van der Waals surface area contributed by atoms with Gasteiger partial charge in [-0.2, -0.15) is 18.3 Å². The lowest BCUT2D eigenvalue weighted by Crippen LogP contribution is -2.42. The van der Waals surface area contributed by atoms with Crippen LogP contribution in [-0.2, 0) is 10.4 Å². The van der Waals surface area contributed by atoms with Crippen LogP contribution < -0.4 is 5.48 Å². The molecule has 0 aliphatic carbocycles. The second kappa shape index (κ2) is 7.05. The van der Waals surface area contributed by atoms with Gasteiger partial charge < -0.3 is 0 Å². The largest absolute Gasteiger partial charge is 0.428 e. The smallest absolute Gasteiger partial charge is 0.265 e. The number of aryl methyl sites for hydroxylation is 1. The molecule has 0 radical (unpaired) electrons. The highest BCUT2D eigenvalue weighted by molar-refractivity contribution is 6.34. The number of hydrogen-bond acceptors (Lipinski definition) is 4. The summed E-state index contributed by atoms with van der Waals surface area (Å²) in [5.41, 5.74) is 1.71. The molecule has 1 atom stereocenters. The number of rotatable bonds is 3. The van der Waals surface area contributed by atoms with Crippen molar-refractivity contribution in [1.82, 2.24) is 20.2 Å². The van der Waals surface area contributed by atoms with Crippen LogP contribution >= 0.6 is 23.2 Å². The molecule has 150 valence electrons. The molecule has 0 bridgehead atoms. The lowest BCUT2D eigenvalue weighted by Gasteiger charge is -2.28. The summed E-state index contributed by atoms with van der Waals surface area (Å²) in [7, 11) is 0. The standard InChI is InChI=1S/C19H13Cl2F3N4O/c1-11-4-12(2-3-17(11)28-10-25-9-26-28)16-8-18(29-27-16,19(22,23)24)13-5-14(20)7-15(21)6-13/h2-10,27H,1H3.